The van der Waals surface area contributed by atoms with Gasteiger partial charge in [0.25, 0.3) is 0 Å². The van der Waals surface area contributed by atoms with Crippen molar-refractivity contribution in [2.75, 3.05) is 0 Å². The molecular weight excluding hydrogens is 154 g/mol. The SMILES string of the molecule is C=Cc1ccc(OC(N)=O)cc1. The Morgan fingerprint density at radius 1 is 1.42 bits per heavy atom. The monoisotopic (exact) mass is 163 g/mol. The smallest absolute Gasteiger partial charge is 0.409 e. The van der Waals surface area contributed by atoms with Crippen molar-refractivity contribution in [1.82, 2.24) is 0 Å². The molecule has 0 bridgehead atoms. The summed E-state index contributed by atoms with van der Waals surface area (Å²) in [6, 6.07) is 6.88. The lowest BCUT2D eigenvalue weighted by Gasteiger charge is -1.99. The van der Waals surface area contributed by atoms with Crippen LogP contribution in [-0.2, 0) is 0 Å². The normalized spacial score (nSPS) is 9.00. The Bertz CT molecular complexity index is 290. The molecule has 1 amide bonds. The Hall–Kier alpha value is -1.77. The average molecular weight is 163 g/mol. The number of nitrogens with two attached hydrogens (primary N) is 1. The van der Waals surface area contributed by atoms with E-state index in [1.54, 1.807) is 30.3 Å². The summed E-state index contributed by atoms with van der Waals surface area (Å²) in [6.07, 6.45) is 0.898. The lowest BCUT2D eigenvalue weighted by molar-refractivity contribution is 0.211. The van der Waals surface area contributed by atoms with Crippen molar-refractivity contribution in [2.24, 2.45) is 5.73 Å². The first kappa shape index (κ1) is 8.33. The lowest BCUT2D eigenvalue weighted by Crippen LogP contribution is -2.16. The van der Waals surface area contributed by atoms with Gasteiger partial charge in [0.2, 0.25) is 0 Å². The third-order valence-corrected chi connectivity index (χ3v) is 1.33. The van der Waals surface area contributed by atoms with Crippen molar-refractivity contribution >= 4 is 12.2 Å². The Kier molecular flexibility index (Phi) is 2.48. The van der Waals surface area contributed by atoms with Gasteiger partial charge in [-0.15, -0.1) is 0 Å². The number of primary amides is 1. The number of hydrogen-bond donors (Lipinski definition) is 1. The largest absolute Gasteiger partial charge is 0.411 e. The summed E-state index contributed by atoms with van der Waals surface area (Å²) in [5, 5.41) is 0. The Labute approximate surface area is 70.5 Å². The summed E-state index contributed by atoms with van der Waals surface area (Å²) in [6.45, 7) is 3.59. The maximum atomic E-state index is 10.3. The van der Waals surface area contributed by atoms with Crippen molar-refractivity contribution in [3.05, 3.63) is 36.4 Å². The van der Waals surface area contributed by atoms with E-state index in [4.69, 9.17) is 5.73 Å². The maximum Gasteiger partial charge on any atom is 0.409 e. The van der Waals surface area contributed by atoms with Crippen LogP contribution in [0.5, 0.6) is 5.75 Å². The number of benzene rings is 1. The minimum Gasteiger partial charge on any atom is -0.411 e. The molecule has 0 saturated carbocycles. The fraction of sp³-hybridized carbons (Fsp3) is 0. The minimum atomic E-state index is -0.804. The zero-order valence-electron chi connectivity index (χ0n) is 6.49. The van der Waals surface area contributed by atoms with E-state index in [1.807, 2.05) is 0 Å². The van der Waals surface area contributed by atoms with Crippen LogP contribution in [0.15, 0.2) is 30.8 Å². The number of hydrogen-bond acceptors (Lipinski definition) is 2. The Morgan fingerprint density at radius 3 is 2.42 bits per heavy atom. The molecule has 3 heteroatoms. The number of carbonyl (C=O) groups is 1. The van der Waals surface area contributed by atoms with Crippen molar-refractivity contribution in [1.29, 1.82) is 0 Å². The summed E-state index contributed by atoms with van der Waals surface area (Å²) in [5.74, 6) is 0.438. The molecule has 0 fully saturated rings. The van der Waals surface area contributed by atoms with Crippen LogP contribution in [0.1, 0.15) is 5.56 Å². The van der Waals surface area contributed by atoms with Crippen molar-refractivity contribution in [3.8, 4) is 5.75 Å². The number of carbonyl (C=O) groups excluding carboxylic acids is 1. The number of ether oxygens (including phenoxy) is 1. The summed E-state index contributed by atoms with van der Waals surface area (Å²) >= 11 is 0. The Morgan fingerprint density at radius 2 is 2.00 bits per heavy atom. The highest BCUT2D eigenvalue weighted by Gasteiger charge is 1.96. The van der Waals surface area contributed by atoms with Crippen LogP contribution >= 0.6 is 0 Å². The van der Waals surface area contributed by atoms with Gasteiger partial charge in [0.05, 0.1) is 0 Å². The molecule has 12 heavy (non-hydrogen) atoms. The molecule has 62 valence electrons. The van der Waals surface area contributed by atoms with Crippen molar-refractivity contribution in [2.45, 2.75) is 0 Å². The molecule has 0 atom stereocenters. The summed E-state index contributed by atoms with van der Waals surface area (Å²) < 4.78 is 4.62. The van der Waals surface area contributed by atoms with E-state index in [0.29, 0.717) is 5.75 Å². The topological polar surface area (TPSA) is 52.3 Å². The zero-order valence-corrected chi connectivity index (χ0v) is 6.49. The van der Waals surface area contributed by atoms with E-state index in [9.17, 15) is 4.79 Å². The molecule has 1 aromatic rings. The highest BCUT2D eigenvalue weighted by molar-refractivity contribution is 5.68. The van der Waals surface area contributed by atoms with Crippen LogP contribution in [0.3, 0.4) is 0 Å². The zero-order chi connectivity index (χ0) is 8.97. The molecule has 0 aliphatic rings. The van der Waals surface area contributed by atoms with Gasteiger partial charge >= 0.3 is 6.09 Å². The van der Waals surface area contributed by atoms with Gasteiger partial charge in [-0.2, -0.15) is 0 Å². The van der Waals surface area contributed by atoms with Crippen LogP contribution in [-0.4, -0.2) is 6.09 Å². The van der Waals surface area contributed by atoms with E-state index in [1.165, 1.54) is 0 Å². The molecule has 0 unspecified atom stereocenters. The van der Waals surface area contributed by atoms with Gasteiger partial charge in [-0.1, -0.05) is 24.8 Å². The Balaban J connectivity index is 2.77. The van der Waals surface area contributed by atoms with Crippen LogP contribution in [0.4, 0.5) is 4.79 Å². The van der Waals surface area contributed by atoms with Gasteiger partial charge in [-0.3, -0.25) is 0 Å². The molecule has 2 N–H and O–H groups in total. The highest BCUT2D eigenvalue weighted by atomic mass is 16.5. The second-order valence-electron chi connectivity index (χ2n) is 2.19. The number of amides is 1. The molecule has 3 nitrogen and oxygen atoms in total. The van der Waals surface area contributed by atoms with E-state index in [0.717, 1.165) is 5.56 Å². The number of rotatable bonds is 2. The van der Waals surface area contributed by atoms with E-state index in [2.05, 4.69) is 11.3 Å². The van der Waals surface area contributed by atoms with Gasteiger partial charge in [-0.05, 0) is 17.7 Å². The molecule has 0 aliphatic carbocycles. The lowest BCUT2D eigenvalue weighted by atomic mass is 10.2. The van der Waals surface area contributed by atoms with Gasteiger partial charge < -0.3 is 10.5 Å². The van der Waals surface area contributed by atoms with E-state index < -0.39 is 6.09 Å². The summed E-state index contributed by atoms with van der Waals surface area (Å²) in [4.78, 5) is 10.3. The van der Waals surface area contributed by atoms with Crippen LogP contribution in [0, 0.1) is 0 Å². The second kappa shape index (κ2) is 3.57. The third kappa shape index (κ3) is 2.12. The molecule has 0 saturated heterocycles. The predicted octanol–water partition coefficient (Wildman–Crippen LogP) is 1.79. The van der Waals surface area contributed by atoms with Gasteiger partial charge in [0.15, 0.2) is 0 Å². The third-order valence-electron chi connectivity index (χ3n) is 1.33. The first-order valence-electron chi connectivity index (χ1n) is 3.42. The first-order chi connectivity index (χ1) is 5.72. The van der Waals surface area contributed by atoms with E-state index >= 15 is 0 Å². The second-order valence-corrected chi connectivity index (χ2v) is 2.19. The highest BCUT2D eigenvalue weighted by Crippen LogP contribution is 2.12. The van der Waals surface area contributed by atoms with Gasteiger partial charge in [-0.25, -0.2) is 4.79 Å². The maximum absolute atomic E-state index is 10.3. The average Bonchev–Trinajstić information content (AvgIpc) is 2.05. The molecule has 0 heterocycles. The minimum absolute atomic E-state index is 0.438. The first-order valence-corrected chi connectivity index (χ1v) is 3.42. The van der Waals surface area contributed by atoms with Gasteiger partial charge in [0, 0.05) is 0 Å². The molecule has 1 rings (SSSR count). The molecule has 1 aromatic carbocycles. The van der Waals surface area contributed by atoms with Gasteiger partial charge in [0.1, 0.15) is 5.75 Å². The molecular formula is C9H9NO2. The predicted molar refractivity (Wildman–Crippen MR) is 46.7 cm³/mol. The molecule has 0 aromatic heterocycles. The summed E-state index contributed by atoms with van der Waals surface area (Å²) in [7, 11) is 0. The van der Waals surface area contributed by atoms with Crippen LogP contribution in [0.25, 0.3) is 6.08 Å². The van der Waals surface area contributed by atoms with Crippen molar-refractivity contribution < 1.29 is 9.53 Å². The van der Waals surface area contributed by atoms with Crippen LogP contribution in [0.2, 0.25) is 0 Å². The quantitative estimate of drug-likeness (QED) is 0.722. The summed E-state index contributed by atoms with van der Waals surface area (Å²) in [5.41, 5.74) is 5.78. The van der Waals surface area contributed by atoms with Crippen LogP contribution < -0.4 is 10.5 Å². The standard InChI is InChI=1S/C9H9NO2/c1-2-7-3-5-8(6-4-7)12-9(10)11/h2-6H,1H2,(H2,10,11). The molecule has 0 radical (unpaired) electrons. The van der Waals surface area contributed by atoms with E-state index in [-0.39, 0.29) is 0 Å². The van der Waals surface area contributed by atoms with Crippen molar-refractivity contribution in [3.63, 3.8) is 0 Å². The fourth-order valence-electron chi connectivity index (χ4n) is 0.788. The molecule has 0 spiro atoms. The molecule has 0 aliphatic heterocycles. The fourth-order valence-corrected chi connectivity index (χ4v) is 0.788.